The van der Waals surface area contributed by atoms with E-state index in [9.17, 15) is 18.0 Å². The molecule has 1 aromatic heterocycles. The van der Waals surface area contributed by atoms with Gasteiger partial charge in [0.1, 0.15) is 9.84 Å². The fourth-order valence-electron chi connectivity index (χ4n) is 2.05. The van der Waals surface area contributed by atoms with E-state index in [4.69, 9.17) is 0 Å². The van der Waals surface area contributed by atoms with Crippen LogP contribution in [0.25, 0.3) is 11.0 Å². The van der Waals surface area contributed by atoms with Crippen molar-refractivity contribution in [2.45, 2.75) is 20.3 Å². The molecule has 7 nitrogen and oxygen atoms in total. The Kier molecular flexibility index (Phi) is 3.91. The van der Waals surface area contributed by atoms with Gasteiger partial charge in [0.05, 0.1) is 22.5 Å². The lowest BCUT2D eigenvalue weighted by molar-refractivity contribution is -0.115. The normalized spacial score (nSPS) is 11.8. The monoisotopic (exact) mass is 311 g/mol. The van der Waals surface area contributed by atoms with Crippen LogP contribution in [-0.4, -0.2) is 36.3 Å². The summed E-state index contributed by atoms with van der Waals surface area (Å²) in [5, 5.41) is 2.69. The van der Waals surface area contributed by atoms with Gasteiger partial charge in [-0.2, -0.15) is 0 Å². The zero-order chi connectivity index (χ0) is 15.8. The second kappa shape index (κ2) is 5.36. The number of carbonyl (C=O) groups is 1. The third-order valence-electron chi connectivity index (χ3n) is 3.30. The van der Waals surface area contributed by atoms with Crippen LogP contribution in [0.4, 0.5) is 5.69 Å². The predicted octanol–water partition coefficient (Wildman–Crippen LogP) is 0.846. The summed E-state index contributed by atoms with van der Waals surface area (Å²) in [6, 6.07) is 1.81. The van der Waals surface area contributed by atoms with Crippen molar-refractivity contribution in [1.29, 1.82) is 0 Å². The number of hydrogen-bond acceptors (Lipinski definition) is 4. The van der Waals surface area contributed by atoms with Crippen molar-refractivity contribution in [3.8, 4) is 0 Å². The van der Waals surface area contributed by atoms with Crippen molar-refractivity contribution in [2.75, 3.05) is 17.3 Å². The van der Waals surface area contributed by atoms with Crippen molar-refractivity contribution >= 4 is 32.5 Å². The van der Waals surface area contributed by atoms with Crippen LogP contribution < -0.4 is 11.0 Å². The Morgan fingerprint density at radius 3 is 2.57 bits per heavy atom. The summed E-state index contributed by atoms with van der Waals surface area (Å²) in [7, 11) is -3.19. The first kappa shape index (κ1) is 15.3. The number of amides is 1. The molecule has 0 aliphatic carbocycles. The Morgan fingerprint density at radius 1 is 1.29 bits per heavy atom. The number of nitrogens with one attached hydrogen (secondary N) is 3. The third kappa shape index (κ3) is 3.52. The molecule has 0 saturated carbocycles. The molecule has 21 heavy (non-hydrogen) atoms. The Bertz CT molecular complexity index is 861. The second-order valence-corrected chi connectivity index (χ2v) is 7.38. The molecule has 0 bridgehead atoms. The molecule has 0 spiro atoms. The van der Waals surface area contributed by atoms with E-state index in [1.807, 2.05) is 19.9 Å². The first-order valence-electron chi connectivity index (χ1n) is 6.37. The number of aromatic amines is 2. The van der Waals surface area contributed by atoms with Crippen LogP contribution >= 0.6 is 0 Å². The summed E-state index contributed by atoms with van der Waals surface area (Å²) < 4.78 is 22.2. The van der Waals surface area contributed by atoms with E-state index < -0.39 is 15.7 Å². The molecule has 0 aliphatic rings. The molecule has 2 aromatic rings. The fourth-order valence-corrected chi connectivity index (χ4v) is 2.60. The molecule has 1 aromatic carbocycles. The average Bonchev–Trinajstić information content (AvgIpc) is 2.72. The summed E-state index contributed by atoms with van der Waals surface area (Å²) in [6.07, 6.45) is 0.961. The topological polar surface area (TPSA) is 112 Å². The van der Waals surface area contributed by atoms with Crippen LogP contribution in [0, 0.1) is 13.8 Å². The zero-order valence-corrected chi connectivity index (χ0v) is 12.8. The van der Waals surface area contributed by atoms with E-state index in [0.29, 0.717) is 16.7 Å². The maximum absolute atomic E-state index is 11.9. The lowest BCUT2D eigenvalue weighted by Gasteiger charge is -2.11. The van der Waals surface area contributed by atoms with E-state index in [0.717, 1.165) is 17.4 Å². The van der Waals surface area contributed by atoms with Crippen LogP contribution in [0.3, 0.4) is 0 Å². The number of aryl methyl sites for hydroxylation is 1. The predicted molar refractivity (Wildman–Crippen MR) is 81.4 cm³/mol. The maximum atomic E-state index is 11.9. The molecule has 1 heterocycles. The highest BCUT2D eigenvalue weighted by atomic mass is 32.2. The van der Waals surface area contributed by atoms with Gasteiger partial charge < -0.3 is 15.3 Å². The van der Waals surface area contributed by atoms with E-state index >= 15 is 0 Å². The molecule has 3 N–H and O–H groups in total. The number of rotatable bonds is 4. The Labute approximate surface area is 121 Å². The molecule has 0 radical (unpaired) electrons. The van der Waals surface area contributed by atoms with Crippen LogP contribution in [0.1, 0.15) is 17.5 Å². The standard InChI is InChI=1S/C13H17N3O4S/c1-7-6-9-12(16-13(18)14-9)11(8(7)2)15-10(17)4-5-21(3,19)20/h6H,4-5H2,1-3H3,(H,15,17)(H2,14,16,18). The van der Waals surface area contributed by atoms with Gasteiger partial charge in [0.15, 0.2) is 0 Å². The van der Waals surface area contributed by atoms with Crippen molar-refractivity contribution in [3.05, 3.63) is 27.7 Å². The number of aromatic nitrogens is 2. The van der Waals surface area contributed by atoms with Crippen molar-refractivity contribution < 1.29 is 13.2 Å². The molecule has 0 atom stereocenters. The molecule has 1 amide bonds. The molecule has 0 unspecified atom stereocenters. The van der Waals surface area contributed by atoms with Gasteiger partial charge in [0.2, 0.25) is 5.91 Å². The summed E-state index contributed by atoms with van der Waals surface area (Å²) in [4.78, 5) is 28.6. The van der Waals surface area contributed by atoms with Gasteiger partial charge in [-0.25, -0.2) is 13.2 Å². The molecule has 8 heteroatoms. The van der Waals surface area contributed by atoms with Gasteiger partial charge in [0, 0.05) is 12.7 Å². The lowest BCUT2D eigenvalue weighted by Crippen LogP contribution is -2.17. The van der Waals surface area contributed by atoms with Crippen LogP contribution in [-0.2, 0) is 14.6 Å². The number of carbonyl (C=O) groups excluding carboxylic acids is 1. The number of sulfone groups is 1. The van der Waals surface area contributed by atoms with Gasteiger partial charge in [-0.05, 0) is 31.0 Å². The average molecular weight is 311 g/mol. The SMILES string of the molecule is Cc1cc2[nH]c(=O)[nH]c2c(NC(=O)CCS(C)(=O)=O)c1C. The highest BCUT2D eigenvalue weighted by Crippen LogP contribution is 2.27. The number of hydrogen-bond donors (Lipinski definition) is 3. The van der Waals surface area contributed by atoms with Crippen molar-refractivity contribution in [1.82, 2.24) is 9.97 Å². The van der Waals surface area contributed by atoms with Gasteiger partial charge >= 0.3 is 5.69 Å². The van der Waals surface area contributed by atoms with E-state index in [-0.39, 0.29) is 17.9 Å². The summed E-state index contributed by atoms with van der Waals surface area (Å²) >= 11 is 0. The zero-order valence-electron chi connectivity index (χ0n) is 12.0. The summed E-state index contributed by atoms with van der Waals surface area (Å²) in [6.45, 7) is 3.69. The van der Waals surface area contributed by atoms with Gasteiger partial charge in [0.25, 0.3) is 0 Å². The maximum Gasteiger partial charge on any atom is 0.323 e. The minimum atomic E-state index is -3.19. The molecular formula is C13H17N3O4S. The highest BCUT2D eigenvalue weighted by molar-refractivity contribution is 7.90. The lowest BCUT2D eigenvalue weighted by atomic mass is 10.1. The minimum Gasteiger partial charge on any atom is -0.324 e. The van der Waals surface area contributed by atoms with E-state index in [1.165, 1.54) is 0 Å². The van der Waals surface area contributed by atoms with Crippen molar-refractivity contribution in [3.63, 3.8) is 0 Å². The minimum absolute atomic E-state index is 0.123. The van der Waals surface area contributed by atoms with Crippen LogP contribution in [0.15, 0.2) is 10.9 Å². The van der Waals surface area contributed by atoms with E-state index in [2.05, 4.69) is 15.3 Å². The quantitative estimate of drug-likeness (QED) is 0.777. The van der Waals surface area contributed by atoms with Crippen molar-refractivity contribution in [2.24, 2.45) is 0 Å². The van der Waals surface area contributed by atoms with Crippen LogP contribution in [0.5, 0.6) is 0 Å². The Balaban J connectivity index is 2.35. The van der Waals surface area contributed by atoms with E-state index in [1.54, 1.807) is 0 Å². The van der Waals surface area contributed by atoms with Gasteiger partial charge in [-0.3, -0.25) is 4.79 Å². The van der Waals surface area contributed by atoms with Gasteiger partial charge in [-0.1, -0.05) is 0 Å². The largest absolute Gasteiger partial charge is 0.324 e. The molecule has 0 fully saturated rings. The number of anilines is 1. The molecular weight excluding hydrogens is 294 g/mol. The third-order valence-corrected chi connectivity index (χ3v) is 4.24. The number of fused-ring (bicyclic) bond motifs is 1. The number of imidazole rings is 1. The first-order valence-corrected chi connectivity index (χ1v) is 8.43. The number of benzene rings is 1. The molecule has 0 aliphatic heterocycles. The smallest absolute Gasteiger partial charge is 0.323 e. The molecule has 114 valence electrons. The summed E-state index contributed by atoms with van der Waals surface area (Å²) in [5.74, 6) is -0.617. The summed E-state index contributed by atoms with van der Waals surface area (Å²) in [5.41, 5.74) is 2.99. The number of H-pyrrole nitrogens is 2. The molecule has 0 saturated heterocycles. The first-order chi connectivity index (χ1) is 9.67. The second-order valence-electron chi connectivity index (χ2n) is 5.12. The Hall–Kier alpha value is -2.09. The molecule has 2 rings (SSSR count). The Morgan fingerprint density at radius 2 is 1.95 bits per heavy atom. The van der Waals surface area contributed by atoms with Gasteiger partial charge in [-0.15, -0.1) is 0 Å². The highest BCUT2D eigenvalue weighted by Gasteiger charge is 2.14. The van der Waals surface area contributed by atoms with Crippen LogP contribution in [0.2, 0.25) is 0 Å². The fraction of sp³-hybridized carbons (Fsp3) is 0.385.